The van der Waals surface area contributed by atoms with Gasteiger partial charge in [-0.2, -0.15) is 0 Å². The normalized spacial score (nSPS) is 22.6. The Bertz CT molecular complexity index is 1200. The van der Waals surface area contributed by atoms with Crippen LogP contribution in [0.5, 0.6) is 0 Å². The van der Waals surface area contributed by atoms with Crippen LogP contribution in [0.15, 0.2) is 36.4 Å². The number of nitrogens with one attached hydrogen (secondary N) is 3. The third-order valence-corrected chi connectivity index (χ3v) is 6.53. The first-order valence-electron chi connectivity index (χ1n) is 10.7. The molecule has 1 aliphatic carbocycles. The molecule has 32 heavy (non-hydrogen) atoms. The Morgan fingerprint density at radius 3 is 2.50 bits per heavy atom. The summed E-state index contributed by atoms with van der Waals surface area (Å²) in [6.45, 7) is 0.566. The smallest absolute Gasteiger partial charge is 0.242 e. The highest BCUT2D eigenvalue weighted by Gasteiger charge is 2.37. The number of rotatable bonds is 5. The zero-order valence-corrected chi connectivity index (χ0v) is 17.2. The average Bonchev–Trinajstić information content (AvgIpc) is 3.28. The number of carbonyl (C=O) groups is 2. The first kappa shape index (κ1) is 20.6. The van der Waals surface area contributed by atoms with E-state index < -0.39 is 17.7 Å². The molecule has 0 bridgehead atoms. The van der Waals surface area contributed by atoms with Gasteiger partial charge in [0.2, 0.25) is 11.8 Å². The molecule has 0 radical (unpaired) electrons. The van der Waals surface area contributed by atoms with E-state index >= 15 is 0 Å². The van der Waals surface area contributed by atoms with E-state index in [0.717, 1.165) is 11.6 Å². The quantitative estimate of drug-likeness (QED) is 0.563. The van der Waals surface area contributed by atoms with Gasteiger partial charge in [-0.25, -0.2) is 13.2 Å². The molecule has 2 aliphatic rings. The molecule has 8 heteroatoms. The minimum absolute atomic E-state index is 0.127. The van der Waals surface area contributed by atoms with Crippen LogP contribution in [0.3, 0.4) is 0 Å². The number of carbonyl (C=O) groups excluding carboxylic acids is 2. The van der Waals surface area contributed by atoms with Crippen molar-refractivity contribution >= 4 is 22.7 Å². The maximum atomic E-state index is 14.4. The number of halogens is 3. The monoisotopic (exact) mass is 441 g/mol. The fraction of sp³-hybridized carbons (Fsp3) is 0.333. The second-order valence-corrected chi connectivity index (χ2v) is 8.67. The molecule has 0 spiro atoms. The summed E-state index contributed by atoms with van der Waals surface area (Å²) in [6.07, 6.45) is 2.39. The summed E-state index contributed by atoms with van der Waals surface area (Å²) < 4.78 is 41.8. The number of hydrogen-bond donors (Lipinski definition) is 3. The number of benzene rings is 2. The standard InChI is InChI=1S/C24H22F3N3O2/c25-15-3-1-13(2-4-15)21-17(18-10-16(26)11-19(27)22(18)30-21)9-12-7-14(8-12)23(31)29-20-5-6-28-24(20)32/h1-4,10-12,14,20,30H,5-9H2,(H,28,32)(H,29,31)/t12?,14?,20-/m0/s1. The molecule has 1 aliphatic heterocycles. The first-order valence-corrected chi connectivity index (χ1v) is 10.7. The van der Waals surface area contributed by atoms with Crippen molar-refractivity contribution in [1.82, 2.24) is 15.6 Å². The predicted molar refractivity (Wildman–Crippen MR) is 113 cm³/mol. The summed E-state index contributed by atoms with van der Waals surface area (Å²) in [5, 5.41) is 5.96. The summed E-state index contributed by atoms with van der Waals surface area (Å²) >= 11 is 0. The zero-order valence-electron chi connectivity index (χ0n) is 17.2. The Balaban J connectivity index is 1.37. The zero-order chi connectivity index (χ0) is 22.4. The van der Waals surface area contributed by atoms with Gasteiger partial charge >= 0.3 is 0 Å². The Hall–Kier alpha value is -3.29. The maximum Gasteiger partial charge on any atom is 0.242 e. The minimum atomic E-state index is -0.685. The van der Waals surface area contributed by atoms with Crippen molar-refractivity contribution in [2.45, 2.75) is 31.7 Å². The number of aromatic amines is 1. The minimum Gasteiger partial charge on any atom is -0.354 e. The molecule has 3 aromatic rings. The van der Waals surface area contributed by atoms with E-state index in [-0.39, 0.29) is 35.0 Å². The van der Waals surface area contributed by atoms with Crippen molar-refractivity contribution in [3.05, 3.63) is 59.4 Å². The van der Waals surface area contributed by atoms with E-state index in [4.69, 9.17) is 0 Å². The third kappa shape index (κ3) is 3.74. The fourth-order valence-electron chi connectivity index (χ4n) is 4.78. The van der Waals surface area contributed by atoms with Gasteiger partial charge in [-0.1, -0.05) is 0 Å². The van der Waals surface area contributed by atoms with Gasteiger partial charge in [0, 0.05) is 29.6 Å². The molecule has 2 fully saturated rings. The molecule has 2 aromatic carbocycles. The van der Waals surface area contributed by atoms with Crippen LogP contribution in [-0.2, 0) is 16.0 Å². The molecule has 5 rings (SSSR count). The van der Waals surface area contributed by atoms with Gasteiger partial charge in [0.25, 0.3) is 0 Å². The largest absolute Gasteiger partial charge is 0.354 e. The summed E-state index contributed by atoms with van der Waals surface area (Å²) in [6, 6.07) is 7.52. The summed E-state index contributed by atoms with van der Waals surface area (Å²) in [7, 11) is 0. The highest BCUT2D eigenvalue weighted by Crippen LogP contribution is 2.41. The number of amides is 2. The topological polar surface area (TPSA) is 74.0 Å². The molecule has 2 amide bonds. The molecule has 0 unspecified atom stereocenters. The van der Waals surface area contributed by atoms with Crippen LogP contribution in [0, 0.1) is 29.3 Å². The van der Waals surface area contributed by atoms with Crippen molar-refractivity contribution in [2.75, 3.05) is 6.54 Å². The van der Waals surface area contributed by atoms with E-state index in [1.165, 1.54) is 18.2 Å². The maximum absolute atomic E-state index is 14.4. The molecule has 1 atom stereocenters. The lowest BCUT2D eigenvalue weighted by molar-refractivity contribution is -0.132. The average molecular weight is 441 g/mol. The first-order chi connectivity index (χ1) is 15.4. The third-order valence-electron chi connectivity index (χ3n) is 6.53. The highest BCUT2D eigenvalue weighted by molar-refractivity contribution is 5.92. The van der Waals surface area contributed by atoms with E-state index in [0.29, 0.717) is 48.9 Å². The van der Waals surface area contributed by atoms with Crippen molar-refractivity contribution in [1.29, 1.82) is 0 Å². The predicted octanol–water partition coefficient (Wildman–Crippen LogP) is 3.83. The van der Waals surface area contributed by atoms with Gasteiger partial charge in [-0.3, -0.25) is 9.59 Å². The van der Waals surface area contributed by atoms with Gasteiger partial charge in [-0.15, -0.1) is 0 Å². The molecule has 1 saturated heterocycles. The number of hydrogen-bond acceptors (Lipinski definition) is 2. The number of fused-ring (bicyclic) bond motifs is 1. The van der Waals surface area contributed by atoms with Crippen LogP contribution in [0.1, 0.15) is 24.8 Å². The second-order valence-electron chi connectivity index (χ2n) is 8.67. The van der Waals surface area contributed by atoms with Gasteiger partial charge in [0.1, 0.15) is 23.5 Å². The van der Waals surface area contributed by atoms with Gasteiger partial charge in [0.15, 0.2) is 0 Å². The Morgan fingerprint density at radius 1 is 1.06 bits per heavy atom. The van der Waals surface area contributed by atoms with Crippen LogP contribution in [-0.4, -0.2) is 29.4 Å². The van der Waals surface area contributed by atoms with Gasteiger partial charge < -0.3 is 15.6 Å². The van der Waals surface area contributed by atoms with E-state index in [1.54, 1.807) is 12.1 Å². The summed E-state index contributed by atoms with van der Waals surface area (Å²) in [5.74, 6) is -2.03. The Kier molecular flexibility index (Phi) is 5.15. The molecule has 2 heterocycles. The van der Waals surface area contributed by atoms with Crippen LogP contribution < -0.4 is 10.6 Å². The summed E-state index contributed by atoms with van der Waals surface area (Å²) in [4.78, 5) is 27.2. The lowest BCUT2D eigenvalue weighted by atomic mass is 9.71. The van der Waals surface area contributed by atoms with Gasteiger partial charge in [0.05, 0.1) is 5.52 Å². The Morgan fingerprint density at radius 2 is 1.81 bits per heavy atom. The van der Waals surface area contributed by atoms with E-state index in [9.17, 15) is 22.8 Å². The van der Waals surface area contributed by atoms with Crippen LogP contribution in [0.2, 0.25) is 0 Å². The molecule has 3 N–H and O–H groups in total. The van der Waals surface area contributed by atoms with Crippen molar-refractivity contribution < 1.29 is 22.8 Å². The highest BCUT2D eigenvalue weighted by atomic mass is 19.1. The van der Waals surface area contributed by atoms with Crippen molar-refractivity contribution in [2.24, 2.45) is 11.8 Å². The molecule has 166 valence electrons. The lowest BCUT2D eigenvalue weighted by Gasteiger charge is -2.35. The fourth-order valence-corrected chi connectivity index (χ4v) is 4.78. The van der Waals surface area contributed by atoms with Gasteiger partial charge in [-0.05, 0) is 73.1 Å². The van der Waals surface area contributed by atoms with Crippen LogP contribution >= 0.6 is 0 Å². The Labute approximate surface area is 182 Å². The SMILES string of the molecule is O=C(N[C@H]1CCNC1=O)C1CC(Cc2c(-c3ccc(F)cc3)[nH]c3c(F)cc(F)cc23)C1. The molecule has 5 nitrogen and oxygen atoms in total. The summed E-state index contributed by atoms with van der Waals surface area (Å²) in [5.41, 5.74) is 2.27. The van der Waals surface area contributed by atoms with Crippen LogP contribution in [0.25, 0.3) is 22.2 Å². The number of H-pyrrole nitrogens is 1. The second kappa shape index (κ2) is 8.00. The number of aromatic nitrogens is 1. The van der Waals surface area contributed by atoms with Crippen LogP contribution in [0.4, 0.5) is 13.2 Å². The molecule has 1 saturated carbocycles. The van der Waals surface area contributed by atoms with E-state index in [1.807, 2.05) is 0 Å². The lowest BCUT2D eigenvalue weighted by Crippen LogP contribution is -2.46. The molecular formula is C24H22F3N3O2. The van der Waals surface area contributed by atoms with E-state index in [2.05, 4.69) is 15.6 Å². The van der Waals surface area contributed by atoms with Crippen molar-refractivity contribution in [3.8, 4) is 11.3 Å². The van der Waals surface area contributed by atoms with Crippen molar-refractivity contribution in [3.63, 3.8) is 0 Å². The molecule has 1 aromatic heterocycles. The molecular weight excluding hydrogens is 419 g/mol.